The lowest BCUT2D eigenvalue weighted by Gasteiger charge is -2.07. The molecule has 0 aliphatic rings. The predicted molar refractivity (Wildman–Crippen MR) is 122 cm³/mol. The van der Waals surface area contributed by atoms with Crippen LogP contribution in [0, 0.1) is 0 Å². The zero-order valence-electron chi connectivity index (χ0n) is 17.3. The fraction of sp³-hybridized carbons (Fsp3) is 0.350. The lowest BCUT2D eigenvalue weighted by molar-refractivity contribution is -0.116. The quantitative estimate of drug-likeness (QED) is 0.445. The van der Waals surface area contributed by atoms with Gasteiger partial charge in [-0.3, -0.25) is 23.3 Å². The van der Waals surface area contributed by atoms with Gasteiger partial charge in [0, 0.05) is 14.1 Å². The maximum atomic E-state index is 12.7. The molecule has 1 amide bonds. The molecular formula is C20H21ClN6O3S. The van der Waals surface area contributed by atoms with Crippen molar-refractivity contribution in [3.05, 3.63) is 49.9 Å². The highest BCUT2D eigenvalue weighted by molar-refractivity contribution is 7.22. The first kappa shape index (κ1) is 21.3. The third kappa shape index (κ3) is 3.88. The van der Waals surface area contributed by atoms with Gasteiger partial charge in [-0.15, -0.1) is 0 Å². The third-order valence-corrected chi connectivity index (χ3v) is 6.34. The highest BCUT2D eigenvalue weighted by Crippen LogP contribution is 2.27. The number of benzene rings is 1. The smallest absolute Gasteiger partial charge is 0.300 e. The zero-order chi connectivity index (χ0) is 22.3. The summed E-state index contributed by atoms with van der Waals surface area (Å²) in [5.41, 5.74) is 1.20. The summed E-state index contributed by atoms with van der Waals surface area (Å²) in [4.78, 5) is 45.9. The van der Waals surface area contributed by atoms with E-state index < -0.39 is 17.2 Å². The van der Waals surface area contributed by atoms with Crippen molar-refractivity contribution in [1.29, 1.82) is 0 Å². The van der Waals surface area contributed by atoms with Crippen LogP contribution in [0.2, 0.25) is 5.28 Å². The van der Waals surface area contributed by atoms with Gasteiger partial charge in [-0.05, 0) is 42.1 Å². The predicted octanol–water partition coefficient (Wildman–Crippen LogP) is 2.68. The van der Waals surface area contributed by atoms with E-state index in [2.05, 4.69) is 34.3 Å². The van der Waals surface area contributed by atoms with Gasteiger partial charge >= 0.3 is 5.69 Å². The van der Waals surface area contributed by atoms with Gasteiger partial charge in [0.25, 0.3) is 5.56 Å². The second-order valence-electron chi connectivity index (χ2n) is 7.32. The van der Waals surface area contributed by atoms with Gasteiger partial charge in [0.1, 0.15) is 6.54 Å². The van der Waals surface area contributed by atoms with E-state index in [9.17, 15) is 14.4 Å². The first-order chi connectivity index (χ1) is 14.8. The van der Waals surface area contributed by atoms with Crippen LogP contribution in [-0.2, 0) is 31.9 Å². The third-order valence-electron chi connectivity index (χ3n) is 5.12. The van der Waals surface area contributed by atoms with Crippen LogP contribution in [-0.4, -0.2) is 29.6 Å². The Morgan fingerprint density at radius 3 is 2.71 bits per heavy atom. The van der Waals surface area contributed by atoms with Crippen molar-refractivity contribution >= 4 is 55.4 Å². The zero-order valence-corrected chi connectivity index (χ0v) is 18.9. The average molecular weight is 461 g/mol. The van der Waals surface area contributed by atoms with Crippen LogP contribution in [0.5, 0.6) is 0 Å². The van der Waals surface area contributed by atoms with Gasteiger partial charge in [0.15, 0.2) is 16.3 Å². The number of carbonyl (C=O) groups is 1. The number of carbonyl (C=O) groups excluding carboxylic acids is 1. The summed E-state index contributed by atoms with van der Waals surface area (Å²) in [6, 6.07) is 6.11. The monoisotopic (exact) mass is 460 g/mol. The van der Waals surface area contributed by atoms with E-state index in [1.54, 1.807) is 0 Å². The molecule has 0 bridgehead atoms. The molecule has 4 rings (SSSR count). The topological polar surface area (TPSA) is 104 Å². The maximum Gasteiger partial charge on any atom is 0.332 e. The van der Waals surface area contributed by atoms with E-state index >= 15 is 0 Å². The summed E-state index contributed by atoms with van der Waals surface area (Å²) in [6.07, 6.45) is 3.26. The number of nitrogens with zero attached hydrogens (tertiary/aromatic N) is 5. The molecule has 31 heavy (non-hydrogen) atoms. The number of amides is 1. The first-order valence-electron chi connectivity index (χ1n) is 9.81. The maximum absolute atomic E-state index is 12.7. The second-order valence-corrected chi connectivity index (χ2v) is 8.69. The van der Waals surface area contributed by atoms with Crippen LogP contribution >= 0.6 is 22.9 Å². The first-order valence-corrected chi connectivity index (χ1v) is 11.0. The number of anilines is 1. The minimum atomic E-state index is -0.565. The SMILES string of the molecule is CCCCc1ccc2nc(NC(=O)Cn3c(Cl)nc4c3c(=O)n(C)c(=O)n4C)sc2c1. The van der Waals surface area contributed by atoms with Crippen LogP contribution in [0.25, 0.3) is 21.4 Å². The molecule has 0 unspecified atom stereocenters. The van der Waals surface area contributed by atoms with Crippen molar-refractivity contribution in [3.8, 4) is 0 Å². The molecule has 0 aliphatic carbocycles. The van der Waals surface area contributed by atoms with Crippen LogP contribution < -0.4 is 16.6 Å². The van der Waals surface area contributed by atoms with Gasteiger partial charge in [0.05, 0.1) is 10.2 Å². The van der Waals surface area contributed by atoms with Gasteiger partial charge in [-0.2, -0.15) is 4.98 Å². The van der Waals surface area contributed by atoms with Crippen LogP contribution in [0.1, 0.15) is 25.3 Å². The van der Waals surface area contributed by atoms with Crippen LogP contribution in [0.3, 0.4) is 0 Å². The van der Waals surface area contributed by atoms with Crippen LogP contribution in [0.15, 0.2) is 27.8 Å². The number of hydrogen-bond acceptors (Lipinski definition) is 6. The van der Waals surface area contributed by atoms with Crippen molar-refractivity contribution in [1.82, 2.24) is 23.7 Å². The Morgan fingerprint density at radius 2 is 1.97 bits per heavy atom. The lowest BCUT2D eigenvalue weighted by atomic mass is 10.1. The molecule has 0 radical (unpaired) electrons. The highest BCUT2D eigenvalue weighted by atomic mass is 35.5. The Bertz CT molecular complexity index is 1430. The second kappa shape index (κ2) is 8.27. The number of imidazole rings is 1. The van der Waals surface area contributed by atoms with Crippen molar-refractivity contribution in [2.45, 2.75) is 32.7 Å². The summed E-state index contributed by atoms with van der Waals surface area (Å²) < 4.78 is 4.47. The molecule has 0 atom stereocenters. The van der Waals surface area contributed by atoms with Gasteiger partial charge in [-0.1, -0.05) is 30.7 Å². The molecule has 162 valence electrons. The minimum Gasteiger partial charge on any atom is -0.300 e. The number of nitrogens with one attached hydrogen (secondary N) is 1. The molecular weight excluding hydrogens is 440 g/mol. The Kier molecular flexibility index (Phi) is 5.67. The summed E-state index contributed by atoms with van der Waals surface area (Å²) in [5.74, 6) is -0.401. The van der Waals surface area contributed by atoms with E-state index in [4.69, 9.17) is 11.6 Å². The number of aryl methyl sites for hydroxylation is 2. The Morgan fingerprint density at radius 1 is 1.19 bits per heavy atom. The molecule has 0 saturated carbocycles. The van der Waals surface area contributed by atoms with Crippen LogP contribution in [0.4, 0.5) is 5.13 Å². The summed E-state index contributed by atoms with van der Waals surface area (Å²) in [5, 5.41) is 3.19. The standard InChI is InChI=1S/C20H21ClN6O3S/c1-4-5-6-11-7-8-12-13(9-11)31-19(22-12)23-14(28)10-27-15-16(24-18(27)21)25(2)20(30)26(3)17(15)29/h7-9H,4-6,10H2,1-3H3,(H,22,23,28). The normalized spacial score (nSPS) is 11.5. The number of hydrogen-bond donors (Lipinski definition) is 1. The Hall–Kier alpha value is -2.98. The van der Waals surface area contributed by atoms with Gasteiger partial charge in [-0.25, -0.2) is 9.78 Å². The van der Waals surface area contributed by atoms with E-state index in [1.807, 2.05) is 6.07 Å². The number of halogens is 1. The number of fused-ring (bicyclic) bond motifs is 2. The molecule has 1 N–H and O–H groups in total. The van der Waals surface area contributed by atoms with Crippen molar-refractivity contribution < 1.29 is 4.79 Å². The van der Waals surface area contributed by atoms with E-state index in [-0.39, 0.29) is 23.0 Å². The largest absolute Gasteiger partial charge is 0.332 e. The summed E-state index contributed by atoms with van der Waals surface area (Å²) in [6.45, 7) is 1.92. The molecule has 1 aromatic carbocycles. The molecule has 0 aliphatic heterocycles. The van der Waals surface area contributed by atoms with E-state index in [1.165, 1.54) is 40.1 Å². The van der Waals surface area contributed by atoms with Crippen molar-refractivity contribution in [3.63, 3.8) is 0 Å². The number of thiazole rings is 1. The molecule has 3 heterocycles. The molecule has 0 spiro atoms. The van der Waals surface area contributed by atoms with Crippen molar-refractivity contribution in [2.24, 2.45) is 14.1 Å². The van der Waals surface area contributed by atoms with E-state index in [0.29, 0.717) is 5.13 Å². The lowest BCUT2D eigenvalue weighted by Crippen LogP contribution is -2.37. The van der Waals surface area contributed by atoms with Gasteiger partial charge in [0.2, 0.25) is 11.2 Å². The Labute approximate surface area is 185 Å². The average Bonchev–Trinajstić information content (AvgIpc) is 3.29. The molecule has 9 nitrogen and oxygen atoms in total. The van der Waals surface area contributed by atoms with Crippen molar-refractivity contribution in [2.75, 3.05) is 5.32 Å². The summed E-state index contributed by atoms with van der Waals surface area (Å²) >= 11 is 7.57. The molecule has 3 aromatic heterocycles. The van der Waals surface area contributed by atoms with E-state index in [0.717, 1.165) is 34.0 Å². The fourth-order valence-corrected chi connectivity index (χ4v) is 4.60. The minimum absolute atomic E-state index is 0.0479. The molecule has 11 heteroatoms. The highest BCUT2D eigenvalue weighted by Gasteiger charge is 2.20. The number of aromatic nitrogens is 5. The molecule has 0 saturated heterocycles. The Balaban J connectivity index is 1.61. The fourth-order valence-electron chi connectivity index (χ4n) is 3.43. The molecule has 4 aromatic rings. The number of unbranched alkanes of at least 4 members (excludes halogenated alkanes) is 1. The number of rotatable bonds is 6. The van der Waals surface area contributed by atoms with Gasteiger partial charge < -0.3 is 5.32 Å². The molecule has 0 fully saturated rings. The summed E-state index contributed by atoms with van der Waals surface area (Å²) in [7, 11) is 2.86.